The Labute approximate surface area is 86.0 Å². The Morgan fingerprint density at radius 2 is 2.31 bits per heavy atom. The standard InChI is InChI=1S/C8H13BrN2O2/c1-3-13-8(12)5-11-4-7(9)6(2)10/h4H,3,5,10H2,1-2H3/b7-6+,11-4?. The zero-order chi connectivity index (χ0) is 10.3. The molecule has 0 radical (unpaired) electrons. The number of carbonyl (C=O) groups is 1. The Morgan fingerprint density at radius 1 is 1.69 bits per heavy atom. The highest BCUT2D eigenvalue weighted by Gasteiger charge is 1.97. The lowest BCUT2D eigenvalue weighted by molar-refractivity contribution is -0.141. The summed E-state index contributed by atoms with van der Waals surface area (Å²) in [6, 6.07) is 0. The molecule has 0 aliphatic rings. The molecule has 0 aromatic heterocycles. The van der Waals surface area contributed by atoms with Crippen LogP contribution in [0.3, 0.4) is 0 Å². The molecule has 0 bridgehead atoms. The second-order valence-corrected chi connectivity index (χ2v) is 3.16. The van der Waals surface area contributed by atoms with E-state index in [2.05, 4.69) is 25.7 Å². The van der Waals surface area contributed by atoms with Crippen molar-refractivity contribution in [3.63, 3.8) is 0 Å². The van der Waals surface area contributed by atoms with Gasteiger partial charge >= 0.3 is 5.97 Å². The van der Waals surface area contributed by atoms with Crippen LogP contribution in [0, 0.1) is 0 Å². The minimum Gasteiger partial charge on any atom is -0.465 e. The molecule has 2 N–H and O–H groups in total. The molecule has 0 spiro atoms. The molecule has 0 aliphatic carbocycles. The number of aliphatic imine (C=N–C) groups is 1. The van der Waals surface area contributed by atoms with E-state index >= 15 is 0 Å². The maximum absolute atomic E-state index is 10.8. The van der Waals surface area contributed by atoms with Crippen LogP contribution in [0.25, 0.3) is 0 Å². The number of nitrogens with zero attached hydrogens (tertiary/aromatic N) is 1. The first-order valence-corrected chi connectivity index (χ1v) is 4.64. The summed E-state index contributed by atoms with van der Waals surface area (Å²) in [7, 11) is 0. The highest BCUT2D eigenvalue weighted by molar-refractivity contribution is 9.12. The quantitative estimate of drug-likeness (QED) is 0.601. The van der Waals surface area contributed by atoms with Gasteiger partial charge in [0.05, 0.1) is 11.1 Å². The molecule has 0 aliphatic heterocycles. The average molecular weight is 249 g/mol. The van der Waals surface area contributed by atoms with Gasteiger partial charge < -0.3 is 10.5 Å². The summed E-state index contributed by atoms with van der Waals surface area (Å²) in [5.74, 6) is -0.339. The van der Waals surface area contributed by atoms with E-state index in [4.69, 9.17) is 5.73 Å². The largest absolute Gasteiger partial charge is 0.465 e. The fraction of sp³-hybridized carbons (Fsp3) is 0.500. The predicted molar refractivity (Wildman–Crippen MR) is 55.8 cm³/mol. The molecule has 0 aromatic rings. The third kappa shape index (κ3) is 6.33. The lowest BCUT2D eigenvalue weighted by Crippen LogP contribution is -2.07. The van der Waals surface area contributed by atoms with Crippen LogP contribution in [0.1, 0.15) is 13.8 Å². The number of allylic oxidation sites excluding steroid dienone is 2. The van der Waals surface area contributed by atoms with Gasteiger partial charge in [0.25, 0.3) is 0 Å². The number of hydrogen-bond donors (Lipinski definition) is 1. The summed E-state index contributed by atoms with van der Waals surface area (Å²) in [4.78, 5) is 14.6. The number of esters is 1. The Balaban J connectivity index is 3.89. The van der Waals surface area contributed by atoms with Gasteiger partial charge in [-0.3, -0.25) is 9.79 Å². The summed E-state index contributed by atoms with van der Waals surface area (Å²) in [6.07, 6.45) is 1.49. The van der Waals surface area contributed by atoms with Gasteiger partial charge in [-0.1, -0.05) is 0 Å². The number of halogens is 1. The zero-order valence-corrected chi connectivity index (χ0v) is 9.30. The van der Waals surface area contributed by atoms with Gasteiger partial charge in [-0.05, 0) is 29.8 Å². The normalized spacial score (nSPS) is 12.8. The third-order valence-electron chi connectivity index (χ3n) is 1.11. The van der Waals surface area contributed by atoms with E-state index in [1.54, 1.807) is 13.8 Å². The van der Waals surface area contributed by atoms with Gasteiger partial charge in [0.2, 0.25) is 0 Å². The van der Waals surface area contributed by atoms with Crippen molar-refractivity contribution in [3.8, 4) is 0 Å². The Bertz CT molecular complexity index is 232. The van der Waals surface area contributed by atoms with E-state index in [0.717, 1.165) is 0 Å². The minimum absolute atomic E-state index is 0.0240. The summed E-state index contributed by atoms with van der Waals surface area (Å²) >= 11 is 3.18. The van der Waals surface area contributed by atoms with Gasteiger partial charge in [-0.2, -0.15) is 0 Å². The summed E-state index contributed by atoms with van der Waals surface area (Å²) in [5.41, 5.74) is 6.05. The molecule has 0 aromatic carbocycles. The molecule has 0 unspecified atom stereocenters. The first kappa shape index (κ1) is 12.2. The van der Waals surface area contributed by atoms with Crippen molar-refractivity contribution in [1.29, 1.82) is 0 Å². The monoisotopic (exact) mass is 248 g/mol. The third-order valence-corrected chi connectivity index (χ3v) is 1.94. The van der Waals surface area contributed by atoms with Crippen LogP contribution in [-0.4, -0.2) is 25.3 Å². The maximum atomic E-state index is 10.8. The molecule has 74 valence electrons. The predicted octanol–water partition coefficient (Wildman–Crippen LogP) is 1.21. The lowest BCUT2D eigenvalue weighted by Gasteiger charge is -1.96. The Kier molecular flexibility index (Phi) is 6.22. The van der Waals surface area contributed by atoms with Gasteiger partial charge in [0, 0.05) is 11.9 Å². The fourth-order valence-corrected chi connectivity index (χ4v) is 0.654. The molecule has 0 atom stereocenters. The van der Waals surface area contributed by atoms with Crippen LogP contribution < -0.4 is 5.73 Å². The summed E-state index contributed by atoms with van der Waals surface area (Å²) < 4.78 is 5.35. The lowest BCUT2D eigenvalue weighted by atomic mass is 10.5. The Hall–Kier alpha value is -0.840. The number of nitrogens with two attached hydrogens (primary N) is 1. The molecule has 0 saturated carbocycles. The molecule has 0 saturated heterocycles. The molecule has 0 fully saturated rings. The smallest absolute Gasteiger partial charge is 0.327 e. The molecule has 0 rings (SSSR count). The van der Waals surface area contributed by atoms with Gasteiger partial charge in [0.15, 0.2) is 0 Å². The number of rotatable bonds is 4. The molecular formula is C8H13BrN2O2. The van der Waals surface area contributed by atoms with Crippen molar-refractivity contribution < 1.29 is 9.53 Å². The van der Waals surface area contributed by atoms with E-state index < -0.39 is 0 Å². The molecule has 13 heavy (non-hydrogen) atoms. The van der Waals surface area contributed by atoms with Gasteiger partial charge in [0.1, 0.15) is 6.54 Å². The molecule has 4 nitrogen and oxygen atoms in total. The average Bonchev–Trinajstić information content (AvgIpc) is 2.04. The van der Waals surface area contributed by atoms with E-state index in [0.29, 0.717) is 16.8 Å². The van der Waals surface area contributed by atoms with Crippen molar-refractivity contribution in [2.24, 2.45) is 10.7 Å². The van der Waals surface area contributed by atoms with Crippen LogP contribution in [0.5, 0.6) is 0 Å². The first-order valence-electron chi connectivity index (χ1n) is 3.85. The highest BCUT2D eigenvalue weighted by atomic mass is 79.9. The molecular weight excluding hydrogens is 236 g/mol. The molecule has 0 amide bonds. The van der Waals surface area contributed by atoms with Crippen LogP contribution >= 0.6 is 15.9 Å². The summed E-state index contributed by atoms with van der Waals surface area (Å²) in [6.45, 7) is 3.89. The molecule has 5 heteroatoms. The van der Waals surface area contributed by atoms with E-state index in [1.165, 1.54) is 6.21 Å². The summed E-state index contributed by atoms with van der Waals surface area (Å²) in [5, 5.41) is 0. The SMILES string of the molecule is CCOC(=O)CN=C/C(Br)=C(/C)N. The fourth-order valence-electron chi connectivity index (χ4n) is 0.509. The topological polar surface area (TPSA) is 64.7 Å². The molecule has 0 heterocycles. The zero-order valence-electron chi connectivity index (χ0n) is 7.71. The first-order chi connectivity index (χ1) is 6.07. The van der Waals surface area contributed by atoms with Gasteiger partial charge in [-0.25, -0.2) is 0 Å². The second kappa shape index (κ2) is 6.65. The van der Waals surface area contributed by atoms with E-state index in [1.807, 2.05) is 0 Å². The van der Waals surface area contributed by atoms with Crippen molar-refractivity contribution in [1.82, 2.24) is 0 Å². The van der Waals surface area contributed by atoms with Gasteiger partial charge in [-0.15, -0.1) is 0 Å². The van der Waals surface area contributed by atoms with Crippen molar-refractivity contribution in [2.45, 2.75) is 13.8 Å². The van der Waals surface area contributed by atoms with Crippen molar-refractivity contribution in [3.05, 3.63) is 10.2 Å². The van der Waals surface area contributed by atoms with Crippen LogP contribution in [0.15, 0.2) is 15.2 Å². The second-order valence-electron chi connectivity index (χ2n) is 2.31. The van der Waals surface area contributed by atoms with E-state index in [-0.39, 0.29) is 12.5 Å². The van der Waals surface area contributed by atoms with E-state index in [9.17, 15) is 4.79 Å². The highest BCUT2D eigenvalue weighted by Crippen LogP contribution is 2.03. The van der Waals surface area contributed by atoms with Crippen molar-refractivity contribution >= 4 is 28.1 Å². The van der Waals surface area contributed by atoms with Crippen LogP contribution in [-0.2, 0) is 9.53 Å². The number of ether oxygens (including phenoxy) is 1. The number of hydrogen-bond acceptors (Lipinski definition) is 4. The van der Waals surface area contributed by atoms with Crippen LogP contribution in [0.4, 0.5) is 0 Å². The maximum Gasteiger partial charge on any atom is 0.327 e. The number of carbonyl (C=O) groups excluding carboxylic acids is 1. The van der Waals surface area contributed by atoms with Crippen LogP contribution in [0.2, 0.25) is 0 Å². The Morgan fingerprint density at radius 3 is 2.77 bits per heavy atom. The minimum atomic E-state index is -0.339. The van der Waals surface area contributed by atoms with Crippen molar-refractivity contribution in [2.75, 3.05) is 13.2 Å².